The molecule has 0 aliphatic heterocycles. The van der Waals surface area contributed by atoms with Crippen LogP contribution in [0.25, 0.3) is 0 Å². The Labute approximate surface area is 248 Å². The Hall–Kier alpha value is -2.81. The van der Waals surface area contributed by atoms with E-state index in [9.17, 15) is 29.1 Å². The summed E-state index contributed by atoms with van der Waals surface area (Å²) in [6, 6.07) is -2.63. The lowest BCUT2D eigenvalue weighted by Gasteiger charge is -2.17. The van der Waals surface area contributed by atoms with Crippen molar-refractivity contribution in [2.45, 2.75) is 109 Å². The fourth-order valence-electron chi connectivity index (χ4n) is 3.95. The molecule has 0 rings (SSSR count). The van der Waals surface area contributed by atoms with Crippen LogP contribution in [0.3, 0.4) is 0 Å². The van der Waals surface area contributed by atoms with Gasteiger partial charge < -0.3 is 41.3 Å². The summed E-state index contributed by atoms with van der Waals surface area (Å²) in [5.41, 5.74) is 0. The largest absolute Gasteiger partial charge is 0.481 e. The van der Waals surface area contributed by atoms with E-state index in [-0.39, 0.29) is 45.5 Å². The minimum Gasteiger partial charge on any atom is -0.481 e. The summed E-state index contributed by atoms with van der Waals surface area (Å²) in [7, 11) is 0. The molecule has 0 saturated carbocycles. The molecule has 8 N–H and O–H groups in total. The number of carboxylic acids is 3. The lowest BCUT2D eigenvalue weighted by Crippen LogP contribution is -2.44. The van der Waals surface area contributed by atoms with E-state index in [4.69, 9.17) is 25.5 Å². The monoisotopic (exact) mass is 607 g/mol. The summed E-state index contributed by atoms with van der Waals surface area (Å²) in [4.78, 5) is 58.8. The zero-order chi connectivity index (χ0) is 32.2. The molecule has 0 spiro atoms. The van der Waals surface area contributed by atoms with E-state index in [2.05, 4.69) is 17.6 Å². The van der Waals surface area contributed by atoms with E-state index in [0.29, 0.717) is 26.1 Å². The number of nitrogens with one attached hydrogen (secondary N) is 2. The second kappa shape index (κ2) is 28.3. The summed E-state index contributed by atoms with van der Waals surface area (Å²) < 4.78 is 0. The number of carboxylic acid groups (broad SMARTS) is 3. The molecule has 0 aromatic heterocycles. The highest BCUT2D eigenvalue weighted by molar-refractivity contribution is 5.86. The number of unbranched alkanes of at least 4 members (excludes halogenated alkanes) is 8. The van der Waals surface area contributed by atoms with Crippen molar-refractivity contribution in [1.29, 1.82) is 0 Å². The van der Waals surface area contributed by atoms with Crippen LogP contribution in [-0.4, -0.2) is 117 Å². The van der Waals surface area contributed by atoms with Gasteiger partial charge in [-0.25, -0.2) is 9.59 Å². The Morgan fingerprint density at radius 3 is 1.33 bits per heavy atom. The summed E-state index contributed by atoms with van der Waals surface area (Å²) in [5.74, 6) is -4.96. The van der Waals surface area contributed by atoms with Crippen LogP contribution in [0.15, 0.2) is 0 Å². The van der Waals surface area contributed by atoms with Crippen molar-refractivity contribution in [3.8, 4) is 0 Å². The smallest absolute Gasteiger partial charge is 0.326 e. The zero-order valence-corrected chi connectivity index (χ0v) is 25.0. The summed E-state index contributed by atoms with van der Waals surface area (Å²) in [5, 5.41) is 57.0. The average molecular weight is 608 g/mol. The standard InChI is InChI=1S/C22H38N2O8.C6H15NO3/c1-2-3-4-5-6-7-8-9-10-11-18(25)23-16(21(29)30)12-14-19(26)24-17(22(31)32)13-15-20(27)28;8-4-1-7(2-5-9)3-6-10/h16-17H,2-15H2,1H3,(H,23,25)(H,24,26)(H,27,28)(H,29,30)(H,31,32);8-10H,1-6H2/t16-,17-;/m0./s1. The molecule has 2 amide bonds. The van der Waals surface area contributed by atoms with Crippen molar-refractivity contribution in [3.63, 3.8) is 0 Å². The van der Waals surface area contributed by atoms with Crippen LogP contribution in [0.1, 0.15) is 96.8 Å². The van der Waals surface area contributed by atoms with Crippen LogP contribution < -0.4 is 10.6 Å². The molecule has 0 heterocycles. The number of rotatable bonds is 26. The van der Waals surface area contributed by atoms with E-state index < -0.39 is 48.2 Å². The average Bonchev–Trinajstić information content (AvgIpc) is 2.92. The maximum atomic E-state index is 12.0. The Kier molecular flexibility index (Phi) is 27.9. The first kappa shape index (κ1) is 41.3. The van der Waals surface area contributed by atoms with Crippen molar-refractivity contribution in [2.75, 3.05) is 39.5 Å². The molecule has 246 valence electrons. The van der Waals surface area contributed by atoms with Gasteiger partial charge in [0.05, 0.1) is 19.8 Å². The van der Waals surface area contributed by atoms with Gasteiger partial charge in [0.1, 0.15) is 12.1 Å². The van der Waals surface area contributed by atoms with Crippen molar-refractivity contribution in [2.24, 2.45) is 0 Å². The number of aliphatic hydroxyl groups is 3. The van der Waals surface area contributed by atoms with Gasteiger partial charge in [-0.1, -0.05) is 58.3 Å². The summed E-state index contributed by atoms with van der Waals surface area (Å²) >= 11 is 0. The lowest BCUT2D eigenvalue weighted by molar-refractivity contribution is -0.144. The topological polar surface area (TPSA) is 234 Å². The van der Waals surface area contributed by atoms with Crippen molar-refractivity contribution in [3.05, 3.63) is 0 Å². The van der Waals surface area contributed by atoms with Gasteiger partial charge >= 0.3 is 17.9 Å². The fourth-order valence-corrected chi connectivity index (χ4v) is 3.95. The normalized spacial score (nSPS) is 12.1. The SMILES string of the molecule is CCCCCCCCCCCC(=O)N[C@@H](CCC(=O)N[C@@H](CCC(=O)O)C(=O)O)C(=O)O.OCCN(CCO)CCO. The molecular weight excluding hydrogens is 554 g/mol. The number of nitrogens with zero attached hydrogens (tertiary/aromatic N) is 1. The molecule has 0 aromatic rings. The highest BCUT2D eigenvalue weighted by Crippen LogP contribution is 2.11. The third kappa shape index (κ3) is 26.1. The van der Waals surface area contributed by atoms with Gasteiger partial charge in [-0.05, 0) is 19.3 Å². The molecule has 0 aromatic carbocycles. The molecule has 0 radical (unpaired) electrons. The van der Waals surface area contributed by atoms with E-state index >= 15 is 0 Å². The van der Waals surface area contributed by atoms with Crippen LogP contribution in [-0.2, 0) is 24.0 Å². The summed E-state index contributed by atoms with van der Waals surface area (Å²) in [6.07, 6.45) is 8.87. The zero-order valence-electron chi connectivity index (χ0n) is 25.0. The fraction of sp³-hybridized carbons (Fsp3) is 0.821. The van der Waals surface area contributed by atoms with E-state index in [1.165, 1.54) is 32.1 Å². The first-order chi connectivity index (χ1) is 20.0. The molecular formula is C28H53N3O11. The predicted molar refractivity (Wildman–Crippen MR) is 155 cm³/mol. The minimum absolute atomic E-state index is 0.0694. The molecule has 0 bridgehead atoms. The Bertz CT molecular complexity index is 738. The Morgan fingerprint density at radius 1 is 0.571 bits per heavy atom. The van der Waals surface area contributed by atoms with Crippen LogP contribution in [0.5, 0.6) is 0 Å². The molecule has 42 heavy (non-hydrogen) atoms. The molecule has 2 atom stereocenters. The van der Waals surface area contributed by atoms with E-state index in [0.717, 1.165) is 19.3 Å². The van der Waals surface area contributed by atoms with Crippen molar-refractivity contribution in [1.82, 2.24) is 15.5 Å². The van der Waals surface area contributed by atoms with E-state index in [1.807, 2.05) is 0 Å². The Morgan fingerprint density at radius 2 is 0.952 bits per heavy atom. The number of aliphatic carboxylic acids is 3. The highest BCUT2D eigenvalue weighted by atomic mass is 16.4. The number of hydrogen-bond acceptors (Lipinski definition) is 9. The maximum Gasteiger partial charge on any atom is 0.326 e. The molecule has 0 fully saturated rings. The molecule has 14 heteroatoms. The van der Waals surface area contributed by atoms with Gasteiger partial charge in [-0.3, -0.25) is 19.3 Å². The molecule has 0 unspecified atom stereocenters. The van der Waals surface area contributed by atoms with Crippen molar-refractivity contribution < 1.29 is 54.6 Å². The number of aliphatic hydroxyl groups excluding tert-OH is 3. The second-order valence-corrected chi connectivity index (χ2v) is 9.98. The molecule has 0 aliphatic carbocycles. The minimum atomic E-state index is -1.37. The highest BCUT2D eigenvalue weighted by Gasteiger charge is 2.24. The van der Waals surface area contributed by atoms with Crippen LogP contribution in [0.2, 0.25) is 0 Å². The Balaban J connectivity index is 0. The number of carbonyl (C=O) groups is 5. The number of amides is 2. The third-order valence-corrected chi connectivity index (χ3v) is 6.33. The number of hydrogen-bond donors (Lipinski definition) is 8. The molecule has 14 nitrogen and oxygen atoms in total. The van der Waals surface area contributed by atoms with Crippen molar-refractivity contribution >= 4 is 29.7 Å². The van der Waals surface area contributed by atoms with Gasteiger partial charge in [0.15, 0.2) is 0 Å². The number of carbonyl (C=O) groups excluding carboxylic acids is 2. The van der Waals surface area contributed by atoms with Crippen LogP contribution in [0.4, 0.5) is 0 Å². The third-order valence-electron chi connectivity index (χ3n) is 6.33. The quantitative estimate of drug-likeness (QED) is 0.0642. The lowest BCUT2D eigenvalue weighted by atomic mass is 10.1. The second-order valence-electron chi connectivity index (χ2n) is 9.98. The maximum absolute atomic E-state index is 12.0. The van der Waals surface area contributed by atoms with E-state index in [1.54, 1.807) is 4.90 Å². The van der Waals surface area contributed by atoms with Gasteiger partial charge in [0.2, 0.25) is 11.8 Å². The predicted octanol–water partition coefficient (Wildman–Crippen LogP) is 0.956. The summed E-state index contributed by atoms with van der Waals surface area (Å²) in [6.45, 7) is 3.93. The van der Waals surface area contributed by atoms with Gasteiger partial charge in [-0.2, -0.15) is 0 Å². The van der Waals surface area contributed by atoms with Gasteiger partial charge in [0, 0.05) is 38.9 Å². The van der Waals surface area contributed by atoms with Crippen LogP contribution in [0, 0.1) is 0 Å². The molecule has 0 aliphatic rings. The first-order valence-corrected chi connectivity index (χ1v) is 14.8. The first-order valence-electron chi connectivity index (χ1n) is 14.8. The van der Waals surface area contributed by atoms with Gasteiger partial charge in [-0.15, -0.1) is 0 Å². The van der Waals surface area contributed by atoms with Gasteiger partial charge in [0.25, 0.3) is 0 Å². The van der Waals surface area contributed by atoms with Crippen LogP contribution >= 0.6 is 0 Å². The molecule has 0 saturated heterocycles.